The highest BCUT2D eigenvalue weighted by Crippen LogP contribution is 2.29. The number of nitrogens with one attached hydrogen (secondary N) is 1. The molecule has 162 valence electrons. The van der Waals surface area contributed by atoms with E-state index in [9.17, 15) is 13.2 Å². The summed E-state index contributed by atoms with van der Waals surface area (Å²) in [5.41, 5.74) is 0.886. The second-order valence-corrected chi connectivity index (χ2v) is 9.06. The highest BCUT2D eigenvalue weighted by atomic mass is 35.5. The van der Waals surface area contributed by atoms with E-state index in [2.05, 4.69) is 5.32 Å². The van der Waals surface area contributed by atoms with E-state index < -0.39 is 15.9 Å². The van der Waals surface area contributed by atoms with Gasteiger partial charge < -0.3 is 10.1 Å². The molecule has 0 saturated heterocycles. The van der Waals surface area contributed by atoms with Crippen LogP contribution in [0.3, 0.4) is 0 Å². The van der Waals surface area contributed by atoms with Gasteiger partial charge in [0.1, 0.15) is 5.75 Å². The van der Waals surface area contributed by atoms with Crippen molar-refractivity contribution in [3.8, 4) is 5.75 Å². The van der Waals surface area contributed by atoms with E-state index in [1.165, 1.54) is 4.31 Å². The van der Waals surface area contributed by atoms with Crippen LogP contribution in [0, 0.1) is 0 Å². The number of hydrogen-bond acceptors (Lipinski definition) is 4. The molecule has 0 atom stereocenters. The summed E-state index contributed by atoms with van der Waals surface area (Å²) in [5, 5.41) is 3.22. The van der Waals surface area contributed by atoms with Gasteiger partial charge in [-0.2, -0.15) is 0 Å². The second kappa shape index (κ2) is 10.0. The fraction of sp³-hybridized carbons (Fsp3) is 0.136. The number of rotatable bonds is 8. The zero-order valence-electron chi connectivity index (χ0n) is 16.6. The molecule has 0 unspecified atom stereocenters. The highest BCUT2D eigenvalue weighted by Gasteiger charge is 2.23. The lowest BCUT2D eigenvalue weighted by Gasteiger charge is -2.23. The van der Waals surface area contributed by atoms with Gasteiger partial charge in [-0.3, -0.25) is 9.10 Å². The lowest BCUT2D eigenvalue weighted by Crippen LogP contribution is -2.30. The quantitative estimate of drug-likeness (QED) is 0.480. The Labute approximate surface area is 191 Å². The Morgan fingerprint density at radius 3 is 2.29 bits per heavy atom. The van der Waals surface area contributed by atoms with Crippen LogP contribution in [0.5, 0.6) is 5.75 Å². The molecule has 0 aliphatic carbocycles. The monoisotopic (exact) mass is 478 g/mol. The molecule has 0 radical (unpaired) electrons. The van der Waals surface area contributed by atoms with E-state index in [4.69, 9.17) is 27.9 Å². The molecule has 9 heteroatoms. The van der Waals surface area contributed by atoms with Crippen LogP contribution < -0.4 is 14.4 Å². The first-order valence-corrected chi connectivity index (χ1v) is 11.6. The van der Waals surface area contributed by atoms with Crippen LogP contribution in [0.15, 0.2) is 77.7 Å². The summed E-state index contributed by atoms with van der Waals surface area (Å²) in [5.74, 6) is 0.0133. The smallest absolute Gasteiger partial charge is 0.264 e. The van der Waals surface area contributed by atoms with Gasteiger partial charge in [0.15, 0.2) is 6.61 Å². The molecule has 0 fully saturated rings. The van der Waals surface area contributed by atoms with Gasteiger partial charge >= 0.3 is 0 Å². The highest BCUT2D eigenvalue weighted by molar-refractivity contribution is 7.92. The molecule has 1 N–H and O–H groups in total. The summed E-state index contributed by atoms with van der Waals surface area (Å²) < 4.78 is 32.6. The van der Waals surface area contributed by atoms with Gasteiger partial charge in [0.2, 0.25) is 0 Å². The Kier molecular flexibility index (Phi) is 7.43. The fourth-order valence-corrected chi connectivity index (χ4v) is 4.70. The van der Waals surface area contributed by atoms with Gasteiger partial charge in [-0.1, -0.05) is 47.5 Å². The van der Waals surface area contributed by atoms with Crippen molar-refractivity contribution < 1.29 is 17.9 Å². The maximum atomic E-state index is 12.9. The third-order valence-electron chi connectivity index (χ3n) is 4.34. The molecule has 0 aliphatic rings. The molecule has 3 aromatic rings. The van der Waals surface area contributed by atoms with Crippen molar-refractivity contribution in [2.45, 2.75) is 11.8 Å². The third kappa shape index (κ3) is 5.50. The normalized spacial score (nSPS) is 11.1. The lowest BCUT2D eigenvalue weighted by molar-refractivity contribution is -0.118. The van der Waals surface area contributed by atoms with E-state index in [1.807, 2.05) is 0 Å². The summed E-state index contributed by atoms with van der Waals surface area (Å²) in [6.07, 6.45) is 0. The molecule has 0 bridgehead atoms. The predicted octanol–water partition coefficient (Wildman–Crippen LogP) is 5.23. The van der Waals surface area contributed by atoms with Crippen LogP contribution in [0.4, 0.5) is 11.4 Å². The van der Waals surface area contributed by atoms with Crippen molar-refractivity contribution in [3.05, 3.63) is 82.8 Å². The molecule has 1 amide bonds. The number of halogens is 2. The largest absolute Gasteiger partial charge is 0.484 e. The first-order chi connectivity index (χ1) is 14.8. The first-order valence-electron chi connectivity index (χ1n) is 9.37. The molecule has 31 heavy (non-hydrogen) atoms. The number of carbonyl (C=O) groups is 1. The van der Waals surface area contributed by atoms with Gasteiger partial charge in [-0.05, 0) is 55.5 Å². The number of amides is 1. The van der Waals surface area contributed by atoms with Crippen LogP contribution in [0.2, 0.25) is 10.0 Å². The van der Waals surface area contributed by atoms with Crippen molar-refractivity contribution in [3.63, 3.8) is 0 Å². The molecular weight excluding hydrogens is 459 g/mol. The van der Waals surface area contributed by atoms with Crippen LogP contribution in [0.25, 0.3) is 0 Å². The van der Waals surface area contributed by atoms with E-state index in [0.29, 0.717) is 22.1 Å². The first kappa shape index (κ1) is 22.9. The van der Waals surface area contributed by atoms with Crippen molar-refractivity contribution in [2.75, 3.05) is 22.8 Å². The predicted molar refractivity (Wildman–Crippen MR) is 124 cm³/mol. The Bertz CT molecular complexity index is 1150. The summed E-state index contributed by atoms with van der Waals surface area (Å²) in [7, 11) is -3.68. The number of nitrogens with zero attached hydrogens (tertiary/aromatic N) is 1. The standard InChI is InChI=1S/C22H20Cl2N2O4S/c1-2-26(31(28,29)18-7-4-3-5-8-18)16-11-13-17(14-12-16)30-15-21(27)25-20-10-6-9-19(23)22(20)24/h3-14H,2,15H2,1H3,(H,25,27). The molecule has 0 spiro atoms. The molecule has 3 rings (SSSR count). The molecule has 0 heterocycles. The number of hydrogen-bond donors (Lipinski definition) is 1. The van der Waals surface area contributed by atoms with E-state index >= 15 is 0 Å². The molecule has 6 nitrogen and oxygen atoms in total. The Balaban J connectivity index is 1.65. The molecule has 0 aromatic heterocycles. The van der Waals surface area contributed by atoms with E-state index in [1.54, 1.807) is 79.7 Å². The second-order valence-electron chi connectivity index (χ2n) is 6.41. The van der Waals surface area contributed by atoms with Crippen LogP contribution in [-0.4, -0.2) is 27.5 Å². The van der Waals surface area contributed by atoms with Gasteiger partial charge in [0.05, 0.1) is 26.3 Å². The van der Waals surface area contributed by atoms with Crippen molar-refractivity contribution >= 4 is 50.5 Å². The molecule has 0 aliphatic heterocycles. The van der Waals surface area contributed by atoms with Crippen molar-refractivity contribution in [2.24, 2.45) is 0 Å². The van der Waals surface area contributed by atoms with Gasteiger partial charge in [-0.15, -0.1) is 0 Å². The zero-order valence-corrected chi connectivity index (χ0v) is 18.9. The van der Waals surface area contributed by atoms with Crippen LogP contribution in [0.1, 0.15) is 6.92 Å². The minimum atomic E-state index is -3.68. The third-order valence-corrected chi connectivity index (χ3v) is 7.07. The molecule has 3 aromatic carbocycles. The number of carbonyl (C=O) groups excluding carboxylic acids is 1. The Hall–Kier alpha value is -2.74. The van der Waals surface area contributed by atoms with Gasteiger partial charge in [-0.25, -0.2) is 8.42 Å². The summed E-state index contributed by atoms with van der Waals surface area (Å²) >= 11 is 12.0. The number of anilines is 2. The van der Waals surface area contributed by atoms with Crippen LogP contribution in [-0.2, 0) is 14.8 Å². The zero-order chi connectivity index (χ0) is 22.4. The van der Waals surface area contributed by atoms with E-state index in [-0.39, 0.29) is 23.1 Å². The number of ether oxygens (including phenoxy) is 1. The average Bonchev–Trinajstić information content (AvgIpc) is 2.77. The number of benzene rings is 3. The fourth-order valence-electron chi connectivity index (χ4n) is 2.86. The minimum absolute atomic E-state index is 0.216. The molecular formula is C22H20Cl2N2O4S. The average molecular weight is 479 g/mol. The van der Waals surface area contributed by atoms with Crippen molar-refractivity contribution in [1.29, 1.82) is 0 Å². The SMILES string of the molecule is CCN(c1ccc(OCC(=O)Nc2cccc(Cl)c2Cl)cc1)S(=O)(=O)c1ccccc1. The Morgan fingerprint density at radius 1 is 0.968 bits per heavy atom. The Morgan fingerprint density at radius 2 is 1.65 bits per heavy atom. The van der Waals surface area contributed by atoms with Crippen molar-refractivity contribution in [1.82, 2.24) is 0 Å². The minimum Gasteiger partial charge on any atom is -0.484 e. The topological polar surface area (TPSA) is 75.7 Å². The maximum absolute atomic E-state index is 12.9. The number of sulfonamides is 1. The van der Waals surface area contributed by atoms with E-state index in [0.717, 1.165) is 0 Å². The van der Waals surface area contributed by atoms with Crippen LogP contribution >= 0.6 is 23.2 Å². The summed E-state index contributed by atoms with van der Waals surface area (Å²) in [4.78, 5) is 12.3. The summed E-state index contributed by atoms with van der Waals surface area (Å²) in [6.45, 7) is 1.78. The maximum Gasteiger partial charge on any atom is 0.264 e. The molecule has 0 saturated carbocycles. The van der Waals surface area contributed by atoms with Gasteiger partial charge in [0, 0.05) is 6.54 Å². The van der Waals surface area contributed by atoms with Gasteiger partial charge in [0.25, 0.3) is 15.9 Å². The lowest BCUT2D eigenvalue weighted by atomic mass is 10.3. The summed E-state index contributed by atoms with van der Waals surface area (Å²) in [6, 6.07) is 19.6.